The third-order valence-electron chi connectivity index (χ3n) is 4.85. The van der Waals surface area contributed by atoms with Crippen LogP contribution in [-0.4, -0.2) is 63.7 Å². The van der Waals surface area contributed by atoms with Gasteiger partial charge in [-0.05, 0) is 37.1 Å². The molecule has 0 aliphatic heterocycles. The molecule has 0 saturated carbocycles. The number of benzene rings is 2. The zero-order valence-electron chi connectivity index (χ0n) is 19.6. The number of nitrogens with one attached hydrogen (secondary N) is 1. The Balaban J connectivity index is 2.05. The number of para-hydroxylation sites is 1. The van der Waals surface area contributed by atoms with Gasteiger partial charge in [-0.3, -0.25) is 9.59 Å². The van der Waals surface area contributed by atoms with Crippen molar-refractivity contribution < 1.29 is 33.3 Å². The van der Waals surface area contributed by atoms with Gasteiger partial charge in [-0.2, -0.15) is 0 Å². The Morgan fingerprint density at radius 3 is 2.24 bits per heavy atom. The number of hydrogen-bond acceptors (Lipinski definition) is 7. The van der Waals surface area contributed by atoms with Crippen LogP contribution in [0.3, 0.4) is 0 Å². The summed E-state index contributed by atoms with van der Waals surface area (Å²) in [7, 11) is 4.27. The minimum Gasteiger partial charge on any atom is -0.493 e. The number of carbonyl (C=O) groups excluding carboxylic acids is 3. The topological polar surface area (TPSA) is 103 Å². The summed E-state index contributed by atoms with van der Waals surface area (Å²) in [6.07, 6.45) is 0.640. The van der Waals surface area contributed by atoms with E-state index in [1.54, 1.807) is 12.1 Å². The maximum Gasteiger partial charge on any atom is 0.342 e. The molecule has 178 valence electrons. The Morgan fingerprint density at radius 2 is 1.64 bits per heavy atom. The molecule has 0 aromatic heterocycles. The number of ether oxygens (including phenoxy) is 4. The van der Waals surface area contributed by atoms with Crippen LogP contribution in [-0.2, 0) is 14.3 Å². The minimum absolute atomic E-state index is 0.0855. The van der Waals surface area contributed by atoms with E-state index in [2.05, 4.69) is 5.32 Å². The summed E-state index contributed by atoms with van der Waals surface area (Å²) < 4.78 is 21.0. The number of aryl methyl sites for hydroxylation is 1. The van der Waals surface area contributed by atoms with E-state index in [-0.39, 0.29) is 29.5 Å². The van der Waals surface area contributed by atoms with Crippen molar-refractivity contribution in [2.45, 2.75) is 20.3 Å². The van der Waals surface area contributed by atoms with Crippen molar-refractivity contribution in [1.82, 2.24) is 4.90 Å². The van der Waals surface area contributed by atoms with E-state index in [0.29, 0.717) is 24.4 Å². The average molecular weight is 459 g/mol. The number of methoxy groups -OCH3 is 3. The number of hydrogen-bond donors (Lipinski definition) is 1. The molecule has 2 aromatic carbocycles. The number of nitrogens with zero attached hydrogens (tertiary/aromatic N) is 1. The summed E-state index contributed by atoms with van der Waals surface area (Å²) in [5.41, 5.74) is 1.68. The van der Waals surface area contributed by atoms with E-state index < -0.39 is 18.5 Å². The van der Waals surface area contributed by atoms with E-state index in [9.17, 15) is 14.4 Å². The minimum atomic E-state index is -0.762. The van der Waals surface area contributed by atoms with Crippen molar-refractivity contribution in [3.05, 3.63) is 47.5 Å². The van der Waals surface area contributed by atoms with Gasteiger partial charge in [0.15, 0.2) is 18.1 Å². The van der Waals surface area contributed by atoms with Gasteiger partial charge in [0.1, 0.15) is 5.56 Å². The van der Waals surface area contributed by atoms with Gasteiger partial charge in [0, 0.05) is 12.2 Å². The number of anilines is 1. The first kappa shape index (κ1) is 25.5. The van der Waals surface area contributed by atoms with Gasteiger partial charge in [-0.1, -0.05) is 25.1 Å². The molecule has 0 saturated heterocycles. The normalized spacial score (nSPS) is 10.2. The molecule has 2 rings (SSSR count). The summed E-state index contributed by atoms with van der Waals surface area (Å²) in [5.74, 6) is -0.820. The molecule has 33 heavy (non-hydrogen) atoms. The highest BCUT2D eigenvalue weighted by Crippen LogP contribution is 2.39. The average Bonchev–Trinajstić information content (AvgIpc) is 2.82. The Bertz CT molecular complexity index is 991. The molecule has 2 amide bonds. The number of carbonyl (C=O) groups is 3. The summed E-state index contributed by atoms with van der Waals surface area (Å²) in [5, 5.41) is 2.80. The first-order valence-electron chi connectivity index (χ1n) is 10.5. The van der Waals surface area contributed by atoms with Crippen LogP contribution in [0.5, 0.6) is 17.2 Å². The van der Waals surface area contributed by atoms with Gasteiger partial charge >= 0.3 is 5.97 Å². The Labute approximate surface area is 193 Å². The molecule has 0 atom stereocenters. The van der Waals surface area contributed by atoms with E-state index in [4.69, 9.17) is 18.9 Å². The standard InChI is InChI=1S/C24H30N2O7/c1-6-13-26(14-20(27)25-18-10-8-7-9-16(18)2)21(28)15-33-24(29)17-11-12-19(30-3)23(32-5)22(17)31-4/h7-12H,6,13-15H2,1-5H3,(H,25,27). The van der Waals surface area contributed by atoms with Gasteiger partial charge in [0.2, 0.25) is 11.7 Å². The highest BCUT2D eigenvalue weighted by molar-refractivity contribution is 5.97. The second kappa shape index (κ2) is 12.3. The highest BCUT2D eigenvalue weighted by Gasteiger charge is 2.24. The lowest BCUT2D eigenvalue weighted by molar-refractivity contribution is -0.137. The van der Waals surface area contributed by atoms with Crippen LogP contribution in [0.4, 0.5) is 5.69 Å². The zero-order valence-corrected chi connectivity index (χ0v) is 19.6. The van der Waals surface area contributed by atoms with Gasteiger partial charge in [0.25, 0.3) is 5.91 Å². The fourth-order valence-electron chi connectivity index (χ4n) is 3.20. The molecular formula is C24H30N2O7. The van der Waals surface area contributed by atoms with Gasteiger partial charge in [-0.15, -0.1) is 0 Å². The van der Waals surface area contributed by atoms with Crippen LogP contribution in [0.25, 0.3) is 0 Å². The number of esters is 1. The predicted molar refractivity (Wildman–Crippen MR) is 123 cm³/mol. The first-order chi connectivity index (χ1) is 15.9. The lowest BCUT2D eigenvalue weighted by Gasteiger charge is -2.22. The first-order valence-corrected chi connectivity index (χ1v) is 10.5. The van der Waals surface area contributed by atoms with Crippen molar-refractivity contribution in [2.75, 3.05) is 46.3 Å². The van der Waals surface area contributed by atoms with Crippen LogP contribution in [0, 0.1) is 6.92 Å². The van der Waals surface area contributed by atoms with Crippen LogP contribution in [0.2, 0.25) is 0 Å². The molecule has 0 heterocycles. The monoisotopic (exact) mass is 458 g/mol. The summed E-state index contributed by atoms with van der Waals surface area (Å²) >= 11 is 0. The molecule has 9 heteroatoms. The largest absolute Gasteiger partial charge is 0.493 e. The second-order valence-corrected chi connectivity index (χ2v) is 7.14. The Kier molecular flexibility index (Phi) is 9.53. The number of rotatable bonds is 11. The van der Waals surface area contributed by atoms with Gasteiger partial charge < -0.3 is 29.2 Å². The third kappa shape index (κ3) is 6.61. The molecule has 0 spiro atoms. The quantitative estimate of drug-likeness (QED) is 0.516. The van der Waals surface area contributed by atoms with Crippen molar-refractivity contribution in [3.63, 3.8) is 0 Å². The van der Waals surface area contributed by atoms with E-state index in [0.717, 1.165) is 5.56 Å². The molecule has 0 radical (unpaired) electrons. The Morgan fingerprint density at radius 1 is 0.939 bits per heavy atom. The van der Waals surface area contributed by atoms with Gasteiger partial charge in [-0.25, -0.2) is 4.79 Å². The molecule has 0 aliphatic rings. The fraction of sp³-hybridized carbons (Fsp3) is 0.375. The van der Waals surface area contributed by atoms with Crippen LogP contribution in [0.1, 0.15) is 29.3 Å². The second-order valence-electron chi connectivity index (χ2n) is 7.14. The Hall–Kier alpha value is -3.75. The van der Waals surface area contributed by atoms with Crippen LogP contribution < -0.4 is 19.5 Å². The third-order valence-corrected chi connectivity index (χ3v) is 4.85. The van der Waals surface area contributed by atoms with Crippen molar-refractivity contribution in [3.8, 4) is 17.2 Å². The van der Waals surface area contributed by atoms with Crippen LogP contribution in [0.15, 0.2) is 36.4 Å². The molecule has 1 N–H and O–H groups in total. The predicted octanol–water partition coefficient (Wildman–Crippen LogP) is 3.05. The lowest BCUT2D eigenvalue weighted by Crippen LogP contribution is -2.40. The molecule has 9 nitrogen and oxygen atoms in total. The fourth-order valence-corrected chi connectivity index (χ4v) is 3.20. The van der Waals surface area contributed by atoms with E-state index in [1.807, 2.05) is 32.0 Å². The molecule has 0 unspecified atom stereocenters. The number of amides is 2. The van der Waals surface area contributed by atoms with E-state index in [1.165, 1.54) is 32.3 Å². The zero-order chi connectivity index (χ0) is 24.4. The smallest absolute Gasteiger partial charge is 0.342 e. The molecule has 2 aromatic rings. The van der Waals surface area contributed by atoms with Crippen LogP contribution >= 0.6 is 0 Å². The molecule has 0 fully saturated rings. The SMILES string of the molecule is CCCN(CC(=O)Nc1ccccc1C)C(=O)COC(=O)c1ccc(OC)c(OC)c1OC. The molecular weight excluding hydrogens is 428 g/mol. The van der Waals surface area contributed by atoms with E-state index >= 15 is 0 Å². The lowest BCUT2D eigenvalue weighted by atomic mass is 10.1. The summed E-state index contributed by atoms with van der Waals surface area (Å²) in [6, 6.07) is 10.4. The highest BCUT2D eigenvalue weighted by atomic mass is 16.5. The van der Waals surface area contributed by atoms with Crippen molar-refractivity contribution in [2.24, 2.45) is 0 Å². The van der Waals surface area contributed by atoms with Gasteiger partial charge in [0.05, 0.1) is 27.9 Å². The maximum atomic E-state index is 12.7. The molecule has 0 aliphatic carbocycles. The molecule has 0 bridgehead atoms. The van der Waals surface area contributed by atoms with Crippen molar-refractivity contribution >= 4 is 23.5 Å². The summed E-state index contributed by atoms with van der Waals surface area (Å²) in [6.45, 7) is 3.44. The van der Waals surface area contributed by atoms with Crippen molar-refractivity contribution in [1.29, 1.82) is 0 Å². The maximum absolute atomic E-state index is 12.7. The summed E-state index contributed by atoms with van der Waals surface area (Å²) in [4.78, 5) is 39.2.